The van der Waals surface area contributed by atoms with Crippen molar-refractivity contribution in [1.82, 2.24) is 0 Å². The minimum Gasteiger partial charge on any atom is -0.394 e. The van der Waals surface area contributed by atoms with Crippen LogP contribution in [0.5, 0.6) is 0 Å². The van der Waals surface area contributed by atoms with Crippen LogP contribution >= 0.6 is 0 Å². The first-order valence-electron chi connectivity index (χ1n) is 10.4. The molecule has 1 rings (SSSR count). The van der Waals surface area contributed by atoms with E-state index in [1.54, 1.807) is 0 Å². The second kappa shape index (κ2) is 14.9. The zero-order chi connectivity index (χ0) is 18.3. The van der Waals surface area contributed by atoms with Gasteiger partial charge in [0.05, 0.1) is 13.2 Å². The molecule has 0 bridgehead atoms. The molecule has 0 saturated carbocycles. The SMILES string of the molecule is CCCCCCCCCCCCCCO[C@H]1[C@H](O)[C@@H](CO)OC[C@@H]1O. The third-order valence-corrected chi connectivity index (χ3v) is 5.07. The van der Waals surface area contributed by atoms with Crippen molar-refractivity contribution in [3.8, 4) is 0 Å². The Labute approximate surface area is 153 Å². The topological polar surface area (TPSA) is 79.2 Å². The maximum atomic E-state index is 10.0. The van der Waals surface area contributed by atoms with E-state index in [4.69, 9.17) is 14.6 Å². The van der Waals surface area contributed by atoms with Crippen molar-refractivity contribution in [3.05, 3.63) is 0 Å². The average molecular weight is 361 g/mol. The van der Waals surface area contributed by atoms with E-state index in [1.807, 2.05) is 0 Å². The van der Waals surface area contributed by atoms with Crippen LogP contribution in [0, 0.1) is 0 Å². The first-order valence-corrected chi connectivity index (χ1v) is 10.4. The molecule has 1 heterocycles. The minimum atomic E-state index is -0.967. The molecule has 1 saturated heterocycles. The summed E-state index contributed by atoms with van der Waals surface area (Å²) in [5.74, 6) is 0. The zero-order valence-electron chi connectivity index (χ0n) is 16.1. The molecule has 0 radical (unpaired) electrons. The molecule has 0 spiro atoms. The van der Waals surface area contributed by atoms with Gasteiger partial charge in [0.1, 0.15) is 24.4 Å². The van der Waals surface area contributed by atoms with Gasteiger partial charge in [0, 0.05) is 6.61 Å². The van der Waals surface area contributed by atoms with E-state index in [9.17, 15) is 10.2 Å². The van der Waals surface area contributed by atoms with Crippen LogP contribution in [-0.4, -0.2) is 59.6 Å². The Balaban J connectivity index is 1.91. The summed E-state index contributed by atoms with van der Waals surface area (Å²) < 4.78 is 10.8. The number of hydrogen-bond donors (Lipinski definition) is 3. The van der Waals surface area contributed by atoms with Crippen LogP contribution in [0.3, 0.4) is 0 Å². The lowest BCUT2D eigenvalue weighted by molar-refractivity contribution is -0.210. The molecule has 25 heavy (non-hydrogen) atoms. The van der Waals surface area contributed by atoms with Crippen molar-refractivity contribution in [2.45, 2.75) is 108 Å². The molecule has 5 heteroatoms. The highest BCUT2D eigenvalue weighted by molar-refractivity contribution is 4.87. The first-order chi connectivity index (χ1) is 12.2. The van der Waals surface area contributed by atoms with Crippen LogP contribution in [-0.2, 0) is 9.47 Å². The number of aliphatic hydroxyl groups is 3. The molecular formula is C20H40O5. The lowest BCUT2D eigenvalue weighted by Crippen LogP contribution is -2.55. The van der Waals surface area contributed by atoms with E-state index in [-0.39, 0.29) is 13.2 Å². The van der Waals surface area contributed by atoms with Gasteiger partial charge >= 0.3 is 0 Å². The van der Waals surface area contributed by atoms with Crippen molar-refractivity contribution >= 4 is 0 Å². The normalized spacial score (nSPS) is 26.9. The Hall–Kier alpha value is -0.200. The molecule has 0 amide bonds. The van der Waals surface area contributed by atoms with Crippen molar-refractivity contribution in [1.29, 1.82) is 0 Å². The third-order valence-electron chi connectivity index (χ3n) is 5.07. The van der Waals surface area contributed by atoms with E-state index in [1.165, 1.54) is 64.2 Å². The fourth-order valence-electron chi connectivity index (χ4n) is 3.39. The highest BCUT2D eigenvalue weighted by Gasteiger charge is 2.38. The largest absolute Gasteiger partial charge is 0.394 e. The summed E-state index contributed by atoms with van der Waals surface area (Å²) in [6.45, 7) is 2.64. The van der Waals surface area contributed by atoms with Crippen LogP contribution in [0.1, 0.15) is 84.0 Å². The van der Waals surface area contributed by atoms with Crippen molar-refractivity contribution in [3.63, 3.8) is 0 Å². The lowest BCUT2D eigenvalue weighted by Gasteiger charge is -2.37. The molecule has 1 aliphatic rings. The monoisotopic (exact) mass is 360 g/mol. The molecule has 150 valence electrons. The number of unbranched alkanes of at least 4 members (excludes halogenated alkanes) is 11. The molecule has 0 unspecified atom stereocenters. The molecular weight excluding hydrogens is 320 g/mol. The molecule has 0 aromatic rings. The summed E-state index contributed by atoms with van der Waals surface area (Å²) in [7, 11) is 0. The molecule has 4 atom stereocenters. The van der Waals surface area contributed by atoms with E-state index >= 15 is 0 Å². The average Bonchev–Trinajstić information content (AvgIpc) is 2.61. The molecule has 0 aromatic carbocycles. The Morgan fingerprint density at radius 2 is 1.36 bits per heavy atom. The Morgan fingerprint density at radius 3 is 1.88 bits per heavy atom. The van der Waals surface area contributed by atoms with Gasteiger partial charge in [-0.05, 0) is 6.42 Å². The molecule has 1 aliphatic heterocycles. The van der Waals surface area contributed by atoms with Gasteiger partial charge in [-0.3, -0.25) is 0 Å². The quantitative estimate of drug-likeness (QED) is 0.391. The maximum Gasteiger partial charge on any atom is 0.114 e. The second-order valence-electron chi connectivity index (χ2n) is 7.34. The van der Waals surface area contributed by atoms with Crippen LogP contribution in [0.2, 0.25) is 0 Å². The van der Waals surface area contributed by atoms with E-state index in [0.29, 0.717) is 6.61 Å². The molecule has 0 aliphatic carbocycles. The lowest BCUT2D eigenvalue weighted by atomic mass is 10.0. The Bertz CT molecular complexity index is 300. The van der Waals surface area contributed by atoms with Crippen molar-refractivity contribution in [2.24, 2.45) is 0 Å². The molecule has 0 aromatic heterocycles. The summed E-state index contributed by atoms with van der Waals surface area (Å²) in [6, 6.07) is 0. The predicted octanol–water partition coefficient (Wildman–Crippen LogP) is 3.19. The number of rotatable bonds is 15. The van der Waals surface area contributed by atoms with Gasteiger partial charge in [-0.1, -0.05) is 77.6 Å². The van der Waals surface area contributed by atoms with Crippen LogP contribution in [0.25, 0.3) is 0 Å². The Kier molecular flexibility index (Phi) is 13.6. The van der Waals surface area contributed by atoms with Gasteiger partial charge in [-0.25, -0.2) is 0 Å². The highest BCUT2D eigenvalue weighted by atomic mass is 16.6. The second-order valence-corrected chi connectivity index (χ2v) is 7.34. The Morgan fingerprint density at radius 1 is 0.840 bits per heavy atom. The summed E-state index contributed by atoms with van der Waals surface area (Å²) in [5.41, 5.74) is 0. The van der Waals surface area contributed by atoms with E-state index in [2.05, 4.69) is 6.92 Å². The summed E-state index contributed by atoms with van der Waals surface area (Å²) >= 11 is 0. The van der Waals surface area contributed by atoms with Gasteiger partial charge in [0.25, 0.3) is 0 Å². The standard InChI is InChI=1S/C20H40O5/c1-2-3-4-5-6-7-8-9-10-11-12-13-14-24-20-17(22)16-25-18(15-21)19(20)23/h17-23H,2-16H2,1H3/t17-,18+,19+,20+/m0/s1. The van der Waals surface area contributed by atoms with Gasteiger partial charge in [0.15, 0.2) is 0 Å². The van der Waals surface area contributed by atoms with E-state index < -0.39 is 24.4 Å². The van der Waals surface area contributed by atoms with Gasteiger partial charge in [-0.2, -0.15) is 0 Å². The van der Waals surface area contributed by atoms with Gasteiger partial charge in [-0.15, -0.1) is 0 Å². The fourth-order valence-corrected chi connectivity index (χ4v) is 3.39. The first kappa shape index (κ1) is 22.8. The number of hydrogen-bond acceptors (Lipinski definition) is 5. The summed E-state index contributed by atoms with van der Waals surface area (Å²) in [5, 5.41) is 29.0. The smallest absolute Gasteiger partial charge is 0.114 e. The van der Waals surface area contributed by atoms with Crippen molar-refractivity contribution < 1.29 is 24.8 Å². The number of aliphatic hydroxyl groups excluding tert-OH is 3. The zero-order valence-corrected chi connectivity index (χ0v) is 16.1. The van der Waals surface area contributed by atoms with E-state index in [0.717, 1.165) is 12.8 Å². The van der Waals surface area contributed by atoms with Gasteiger partial charge < -0.3 is 24.8 Å². The van der Waals surface area contributed by atoms with Crippen molar-refractivity contribution in [2.75, 3.05) is 19.8 Å². The number of ether oxygens (including phenoxy) is 2. The van der Waals surface area contributed by atoms with Crippen LogP contribution in [0.15, 0.2) is 0 Å². The summed E-state index contributed by atoms with van der Waals surface area (Å²) in [4.78, 5) is 0. The minimum absolute atomic E-state index is 0.103. The fraction of sp³-hybridized carbons (Fsp3) is 1.00. The van der Waals surface area contributed by atoms with Crippen LogP contribution < -0.4 is 0 Å². The maximum absolute atomic E-state index is 10.0. The predicted molar refractivity (Wildman–Crippen MR) is 99.7 cm³/mol. The van der Waals surface area contributed by atoms with Gasteiger partial charge in [0.2, 0.25) is 0 Å². The van der Waals surface area contributed by atoms with Crippen LogP contribution in [0.4, 0.5) is 0 Å². The molecule has 3 N–H and O–H groups in total. The summed E-state index contributed by atoms with van der Waals surface area (Å²) in [6.07, 6.45) is 12.4. The molecule has 5 nitrogen and oxygen atoms in total. The third kappa shape index (κ3) is 9.90. The highest BCUT2D eigenvalue weighted by Crippen LogP contribution is 2.19. The molecule has 1 fully saturated rings.